The van der Waals surface area contributed by atoms with Crippen LogP contribution in [0.4, 0.5) is 0 Å². The number of imidazole rings is 1. The number of likely N-dealkylation sites (tertiary alicyclic amines) is 1. The molecular formula is C95H86N22O9S. The molecule has 0 unspecified atom stereocenters. The van der Waals surface area contributed by atoms with Gasteiger partial charge in [-0.1, -0.05) is 102 Å². The third-order valence-electron chi connectivity index (χ3n) is 22.1. The molecule has 0 bridgehead atoms. The van der Waals surface area contributed by atoms with E-state index < -0.39 is 28.1 Å². The Labute approximate surface area is 728 Å². The number of fused-ring (bicyclic) bond motifs is 6. The van der Waals surface area contributed by atoms with E-state index in [0.717, 1.165) is 12.8 Å². The summed E-state index contributed by atoms with van der Waals surface area (Å²) < 4.78 is 36.3. The standard InChI is InChI=1S/C33H31N7O3.C32H31N7O4S.C30H24N8O2/c1-21-28(31-34-17-8-18-39(31)37-21)32(42)35-22(2)30-36-27-12-7-9-25(14-13-24-15-19-38(20-16-24)23(3)41)29(27)33(43)40(30)26-10-5-4-6-11-26;1-21-27(30-33-17-8-18-38(30)36-21)31(40)34-22(2)29-35-26-12-7-9-24(14-13-23-15-19-37(20-16-23)44(3,42)43)28(26)32(41)39(29)25-10-5-4-6-11-25;1-19-25(28-31-15-8-16-37(28)35-19)29(39)33-20(2)27-34-24-12-7-9-21(13-14-22-17-36(3)18-32-22)26(24)30(40)38(27)23-10-5-4-6-11-23/h4-12,17-18,22,24H,15-16,19-20H2,1-3H3,(H,35,42);4-12,17-18,22-23H,15-16,19-20H2,1-3H3,(H,34,40);4-12,15-18,20H,1-3H3,(H,33,39)/t2*22-;20-/m000/s1. The topological polar surface area (TPSA) is 358 Å². The van der Waals surface area contributed by atoms with Gasteiger partial charge in [0.1, 0.15) is 39.9 Å². The van der Waals surface area contributed by atoms with Crippen LogP contribution in [0.3, 0.4) is 0 Å². The van der Waals surface area contributed by atoms with Crippen molar-refractivity contribution < 1.29 is 27.6 Å². The predicted molar refractivity (Wildman–Crippen MR) is 480 cm³/mol. The fourth-order valence-electron chi connectivity index (χ4n) is 15.8. The number of amides is 4. The quantitative estimate of drug-likeness (QED) is 0.0903. The molecule has 127 heavy (non-hydrogen) atoms. The molecule has 0 saturated carbocycles. The van der Waals surface area contributed by atoms with Gasteiger partial charge in [-0.25, -0.2) is 61.2 Å². The van der Waals surface area contributed by atoms with E-state index in [0.29, 0.717) is 179 Å². The molecule has 3 N–H and O–H groups in total. The van der Waals surface area contributed by atoms with Crippen molar-refractivity contribution in [3.8, 4) is 52.6 Å². The minimum absolute atomic E-state index is 0.0138. The Kier molecular flexibility index (Phi) is 24.3. The molecule has 12 heterocycles. The van der Waals surface area contributed by atoms with Crippen molar-refractivity contribution in [2.45, 2.75) is 92.3 Å². The van der Waals surface area contributed by atoms with Crippen molar-refractivity contribution in [3.63, 3.8) is 0 Å². The molecular weight excluding hydrogens is 1630 g/mol. The normalized spacial score (nSPS) is 13.8. The van der Waals surface area contributed by atoms with Crippen LogP contribution in [0.1, 0.15) is 160 Å². The highest BCUT2D eigenvalue weighted by Gasteiger charge is 2.31. The Bertz CT molecular complexity index is 7540. The van der Waals surface area contributed by atoms with Crippen molar-refractivity contribution in [2.24, 2.45) is 18.9 Å². The zero-order valence-electron chi connectivity index (χ0n) is 70.8. The third-order valence-corrected chi connectivity index (χ3v) is 23.4. The molecule has 31 nitrogen and oxygen atoms in total. The molecule has 0 radical (unpaired) electrons. The van der Waals surface area contributed by atoms with Crippen LogP contribution < -0.4 is 32.6 Å². The van der Waals surface area contributed by atoms with Crippen LogP contribution >= 0.6 is 0 Å². The highest BCUT2D eigenvalue weighted by molar-refractivity contribution is 7.88. The van der Waals surface area contributed by atoms with E-state index in [9.17, 15) is 42.0 Å². The average Bonchev–Trinajstić information content (AvgIpc) is 0.847. The summed E-state index contributed by atoms with van der Waals surface area (Å²) in [6.07, 6.45) is 17.6. The Morgan fingerprint density at radius 2 is 0.772 bits per heavy atom. The molecule has 3 atom stereocenters. The summed E-state index contributed by atoms with van der Waals surface area (Å²) in [4.78, 5) is 129. The van der Waals surface area contributed by atoms with Crippen molar-refractivity contribution in [1.29, 1.82) is 0 Å². The Balaban J connectivity index is 0.000000140. The molecule has 18 rings (SSSR count). The summed E-state index contributed by atoms with van der Waals surface area (Å²) in [5.74, 6) is 19.5. The van der Waals surface area contributed by atoms with E-state index in [2.05, 4.69) is 86.7 Å². The summed E-state index contributed by atoms with van der Waals surface area (Å²) >= 11 is 0. The number of benzene rings is 6. The fourth-order valence-corrected chi connectivity index (χ4v) is 16.7. The van der Waals surface area contributed by atoms with E-state index in [1.165, 1.54) is 19.7 Å². The first-order valence-corrected chi connectivity index (χ1v) is 43.1. The minimum Gasteiger partial charge on any atom is -0.343 e. The van der Waals surface area contributed by atoms with Gasteiger partial charge in [-0.15, -0.1) is 0 Å². The summed E-state index contributed by atoms with van der Waals surface area (Å²) in [6.45, 7) is 14.5. The maximum absolute atomic E-state index is 14.3. The van der Waals surface area contributed by atoms with Crippen LogP contribution in [0.25, 0.3) is 66.7 Å². The predicted octanol–water partition coefficient (Wildman–Crippen LogP) is 10.4. The Morgan fingerprint density at radius 1 is 0.433 bits per heavy atom. The summed E-state index contributed by atoms with van der Waals surface area (Å²) in [5, 5.41) is 23.4. The second-order valence-electron chi connectivity index (χ2n) is 31.0. The first-order valence-electron chi connectivity index (χ1n) is 41.2. The number of sulfonamides is 1. The molecule has 2 fully saturated rings. The molecule has 2 aliphatic rings. The maximum atomic E-state index is 14.3. The lowest BCUT2D eigenvalue weighted by Crippen LogP contribution is -2.37. The number of nitrogens with one attached hydrogen (secondary N) is 3. The molecule has 0 aliphatic carbocycles. The van der Waals surface area contributed by atoms with Crippen LogP contribution in [0, 0.1) is 68.1 Å². The van der Waals surface area contributed by atoms with E-state index in [1.54, 1.807) is 165 Å². The zero-order valence-corrected chi connectivity index (χ0v) is 71.6. The lowest BCUT2D eigenvalue weighted by atomic mass is 9.96. The van der Waals surface area contributed by atoms with Crippen molar-refractivity contribution >= 4 is 83.3 Å². The molecule has 636 valence electrons. The van der Waals surface area contributed by atoms with Gasteiger partial charge in [0.25, 0.3) is 34.4 Å². The number of carbonyl (C=O) groups excluding carboxylic acids is 4. The molecule has 0 spiro atoms. The smallest absolute Gasteiger partial charge is 0.267 e. The molecule has 10 aromatic heterocycles. The molecule has 2 saturated heterocycles. The van der Waals surface area contributed by atoms with Gasteiger partial charge in [0, 0.05) is 112 Å². The van der Waals surface area contributed by atoms with Crippen molar-refractivity contribution in [2.75, 3.05) is 32.4 Å². The highest BCUT2D eigenvalue weighted by atomic mass is 32.2. The summed E-state index contributed by atoms with van der Waals surface area (Å²) in [7, 11) is -1.36. The Morgan fingerprint density at radius 3 is 1.09 bits per heavy atom. The molecule has 6 aromatic carbocycles. The number of aromatic nitrogens is 17. The average molecular weight is 1710 g/mol. The number of nitrogens with zero attached hydrogens (tertiary/aromatic N) is 19. The van der Waals surface area contributed by atoms with Gasteiger partial charge in [0.2, 0.25) is 15.9 Å². The zero-order chi connectivity index (χ0) is 88.9. The maximum Gasteiger partial charge on any atom is 0.267 e. The van der Waals surface area contributed by atoms with Gasteiger partial charge in [0.15, 0.2) is 16.9 Å². The number of para-hydroxylation sites is 3. The van der Waals surface area contributed by atoms with Gasteiger partial charge >= 0.3 is 0 Å². The van der Waals surface area contributed by atoms with Crippen molar-refractivity contribution in [3.05, 3.63) is 318 Å². The molecule has 32 heteroatoms. The van der Waals surface area contributed by atoms with Gasteiger partial charge in [0.05, 0.1) is 97.6 Å². The summed E-state index contributed by atoms with van der Waals surface area (Å²) in [5.41, 5.74) is 8.80. The fraction of sp³-hybridized carbons (Fsp3) is 0.232. The van der Waals surface area contributed by atoms with E-state index in [-0.39, 0.29) is 52.1 Å². The minimum atomic E-state index is -3.23. The number of rotatable bonds is 13. The van der Waals surface area contributed by atoms with Gasteiger partial charge < -0.3 is 25.4 Å². The largest absolute Gasteiger partial charge is 0.343 e. The Hall–Kier alpha value is -15.7. The van der Waals surface area contributed by atoms with E-state index >= 15 is 0 Å². The lowest BCUT2D eigenvalue weighted by Gasteiger charge is -2.28. The van der Waals surface area contributed by atoms with Gasteiger partial charge in [-0.2, -0.15) is 15.3 Å². The van der Waals surface area contributed by atoms with E-state index in [1.807, 2.05) is 132 Å². The molecule has 4 amide bonds. The monoisotopic (exact) mass is 1710 g/mol. The number of aryl methyl sites for hydroxylation is 4. The SMILES string of the molecule is CC(=O)N1CCC(C#Cc2cccc3nc([C@H](C)NC(=O)c4c(C)nn5cccnc45)n(-c4ccccc4)c(=O)c23)CC1.Cc1nn2cccnc2c1C(=O)N[C@@H](C)c1nc2cccc(C#CC3CCN(S(C)(=O)=O)CC3)c2c(=O)n1-c1ccccc1.Cc1nn2cccnc2c1C(=O)N[C@@H](C)c1nc2cccc(C#Cc3cn(C)cn3)c2c(=O)n1-c1ccccc1. The van der Waals surface area contributed by atoms with Crippen LogP contribution in [-0.2, 0) is 21.9 Å². The van der Waals surface area contributed by atoms with Gasteiger partial charge in [-0.3, -0.25) is 47.3 Å². The van der Waals surface area contributed by atoms with Crippen LogP contribution in [-0.4, -0.2) is 156 Å². The molecule has 2 aliphatic heterocycles. The number of piperidine rings is 2. The van der Waals surface area contributed by atoms with Crippen molar-refractivity contribution in [1.82, 2.24) is 107 Å². The van der Waals surface area contributed by atoms with Gasteiger partial charge in [-0.05, 0) is 164 Å². The second kappa shape index (κ2) is 36.4. The van der Waals surface area contributed by atoms with Crippen LogP contribution in [0.15, 0.2) is 228 Å². The number of hydrogen-bond acceptors (Lipinski definition) is 19. The number of carbonyl (C=O) groups is 4. The van der Waals surface area contributed by atoms with Crippen LogP contribution in [0.2, 0.25) is 0 Å². The number of hydrogen-bond donors (Lipinski definition) is 3. The molecule has 16 aromatic rings. The van der Waals surface area contributed by atoms with Crippen LogP contribution in [0.5, 0.6) is 0 Å². The first kappa shape index (κ1) is 84.9. The first-order chi connectivity index (χ1) is 61.3. The highest BCUT2D eigenvalue weighted by Crippen LogP contribution is 2.29. The lowest BCUT2D eigenvalue weighted by molar-refractivity contribution is -0.129. The second-order valence-corrected chi connectivity index (χ2v) is 33.0. The summed E-state index contributed by atoms with van der Waals surface area (Å²) in [6, 6.07) is 47.2. The van der Waals surface area contributed by atoms with E-state index in [4.69, 9.17) is 15.0 Å². The third kappa shape index (κ3) is 17.8.